The predicted octanol–water partition coefficient (Wildman–Crippen LogP) is 2.11. The van der Waals surface area contributed by atoms with Gasteiger partial charge in [0.05, 0.1) is 6.61 Å². The molecule has 0 unspecified atom stereocenters. The number of rotatable bonds is 7. The van der Waals surface area contributed by atoms with Crippen LogP contribution in [0.25, 0.3) is 0 Å². The quantitative estimate of drug-likeness (QED) is 0.812. The highest BCUT2D eigenvalue weighted by Crippen LogP contribution is 2.17. The van der Waals surface area contributed by atoms with Crippen LogP contribution in [0.4, 0.5) is 0 Å². The van der Waals surface area contributed by atoms with Crippen LogP contribution < -0.4 is 14.8 Å². The Hall–Kier alpha value is -2.43. The molecule has 1 aromatic carbocycles. The first kappa shape index (κ1) is 14.0. The fourth-order valence-corrected chi connectivity index (χ4v) is 1.67. The van der Waals surface area contributed by atoms with Crippen LogP contribution in [0.1, 0.15) is 12.5 Å². The van der Waals surface area contributed by atoms with E-state index in [1.54, 1.807) is 12.1 Å². The molecule has 5 nitrogen and oxygen atoms in total. The number of ether oxygens (including phenoxy) is 2. The molecular formula is C15H18N2O3. The van der Waals surface area contributed by atoms with Crippen LogP contribution >= 0.6 is 0 Å². The molecule has 0 saturated carbocycles. The minimum Gasteiger partial charge on any atom is -0.494 e. The van der Waals surface area contributed by atoms with Crippen molar-refractivity contribution >= 4 is 5.91 Å². The fraction of sp³-hybridized carbons (Fsp3) is 0.267. The molecule has 2 rings (SSSR count). The number of amides is 1. The van der Waals surface area contributed by atoms with Gasteiger partial charge in [-0.2, -0.15) is 0 Å². The zero-order chi connectivity index (χ0) is 14.2. The third-order valence-corrected chi connectivity index (χ3v) is 2.66. The molecule has 0 spiro atoms. The molecule has 0 aliphatic rings. The molecule has 2 aromatic rings. The van der Waals surface area contributed by atoms with E-state index in [0.717, 1.165) is 11.3 Å². The first-order valence-electron chi connectivity index (χ1n) is 6.52. The van der Waals surface area contributed by atoms with E-state index in [4.69, 9.17) is 9.47 Å². The summed E-state index contributed by atoms with van der Waals surface area (Å²) in [6, 6.07) is 9.11. The van der Waals surface area contributed by atoms with Gasteiger partial charge in [-0.15, -0.1) is 0 Å². The summed E-state index contributed by atoms with van der Waals surface area (Å²) in [6.45, 7) is 3.05. The summed E-state index contributed by atoms with van der Waals surface area (Å²) >= 11 is 0. The van der Waals surface area contributed by atoms with Gasteiger partial charge in [0, 0.05) is 18.9 Å². The minimum absolute atomic E-state index is 0.00158. The largest absolute Gasteiger partial charge is 0.494 e. The van der Waals surface area contributed by atoms with Crippen molar-refractivity contribution in [3.8, 4) is 11.5 Å². The number of aromatic amines is 1. The molecule has 0 aliphatic carbocycles. The molecule has 1 aromatic heterocycles. The van der Waals surface area contributed by atoms with Crippen molar-refractivity contribution in [2.75, 3.05) is 13.2 Å². The van der Waals surface area contributed by atoms with Gasteiger partial charge in [0.15, 0.2) is 6.61 Å². The van der Waals surface area contributed by atoms with Crippen LogP contribution in [-0.4, -0.2) is 24.1 Å². The lowest BCUT2D eigenvalue weighted by Gasteiger charge is -2.08. The molecular weight excluding hydrogens is 256 g/mol. The average molecular weight is 274 g/mol. The lowest BCUT2D eigenvalue weighted by Crippen LogP contribution is -2.28. The molecule has 0 saturated heterocycles. The lowest BCUT2D eigenvalue weighted by atomic mass is 10.3. The zero-order valence-electron chi connectivity index (χ0n) is 11.4. The second-order valence-corrected chi connectivity index (χ2v) is 4.19. The van der Waals surface area contributed by atoms with Crippen LogP contribution in [-0.2, 0) is 11.3 Å². The van der Waals surface area contributed by atoms with E-state index in [0.29, 0.717) is 18.9 Å². The van der Waals surface area contributed by atoms with E-state index < -0.39 is 0 Å². The molecule has 0 radical (unpaired) electrons. The van der Waals surface area contributed by atoms with E-state index in [2.05, 4.69) is 10.3 Å². The Balaban J connectivity index is 1.72. The zero-order valence-corrected chi connectivity index (χ0v) is 11.4. The average Bonchev–Trinajstić information content (AvgIpc) is 2.98. The minimum atomic E-state index is -0.153. The van der Waals surface area contributed by atoms with Crippen LogP contribution in [0, 0.1) is 0 Å². The Morgan fingerprint density at radius 1 is 1.15 bits per heavy atom. The number of hydrogen-bond donors (Lipinski definition) is 2. The summed E-state index contributed by atoms with van der Waals surface area (Å²) in [5, 5.41) is 2.78. The van der Waals surface area contributed by atoms with E-state index in [9.17, 15) is 4.79 Å². The number of carbonyl (C=O) groups is 1. The topological polar surface area (TPSA) is 63.4 Å². The van der Waals surface area contributed by atoms with Crippen molar-refractivity contribution in [2.45, 2.75) is 13.5 Å². The van der Waals surface area contributed by atoms with Crippen LogP contribution in [0.3, 0.4) is 0 Å². The summed E-state index contributed by atoms with van der Waals surface area (Å²) in [7, 11) is 0. The van der Waals surface area contributed by atoms with E-state index >= 15 is 0 Å². The van der Waals surface area contributed by atoms with Gasteiger partial charge >= 0.3 is 0 Å². The number of hydrogen-bond acceptors (Lipinski definition) is 3. The van der Waals surface area contributed by atoms with E-state index in [1.807, 2.05) is 37.5 Å². The SMILES string of the molecule is CCOc1ccc(OCC(=O)NCc2cc[nH]c2)cc1. The van der Waals surface area contributed by atoms with Crippen LogP contribution in [0.5, 0.6) is 11.5 Å². The number of H-pyrrole nitrogens is 1. The van der Waals surface area contributed by atoms with Gasteiger partial charge in [-0.1, -0.05) is 0 Å². The van der Waals surface area contributed by atoms with Crippen molar-refractivity contribution in [3.63, 3.8) is 0 Å². The standard InChI is InChI=1S/C15H18N2O3/c1-2-19-13-3-5-14(6-4-13)20-11-15(18)17-10-12-7-8-16-9-12/h3-9,16H,2,10-11H2,1H3,(H,17,18). The van der Waals surface area contributed by atoms with E-state index in [-0.39, 0.29) is 12.5 Å². The third-order valence-electron chi connectivity index (χ3n) is 2.66. The van der Waals surface area contributed by atoms with Crippen molar-refractivity contribution in [2.24, 2.45) is 0 Å². The Labute approximate surface area is 117 Å². The summed E-state index contributed by atoms with van der Waals surface area (Å²) in [6.07, 6.45) is 3.66. The van der Waals surface area contributed by atoms with Gasteiger partial charge in [-0.25, -0.2) is 0 Å². The fourth-order valence-electron chi connectivity index (χ4n) is 1.67. The molecule has 1 heterocycles. The Morgan fingerprint density at radius 3 is 2.45 bits per heavy atom. The Bertz CT molecular complexity index is 521. The first-order valence-corrected chi connectivity index (χ1v) is 6.52. The second-order valence-electron chi connectivity index (χ2n) is 4.19. The highest BCUT2D eigenvalue weighted by atomic mass is 16.5. The maximum Gasteiger partial charge on any atom is 0.258 e. The van der Waals surface area contributed by atoms with Crippen LogP contribution in [0.2, 0.25) is 0 Å². The van der Waals surface area contributed by atoms with Crippen LogP contribution in [0.15, 0.2) is 42.7 Å². The molecule has 0 fully saturated rings. The van der Waals surface area contributed by atoms with Gasteiger partial charge in [0.1, 0.15) is 11.5 Å². The predicted molar refractivity (Wildman–Crippen MR) is 75.7 cm³/mol. The lowest BCUT2D eigenvalue weighted by molar-refractivity contribution is -0.123. The molecule has 0 bridgehead atoms. The molecule has 2 N–H and O–H groups in total. The number of aromatic nitrogens is 1. The number of benzene rings is 1. The maximum atomic E-state index is 11.6. The van der Waals surface area contributed by atoms with Gasteiger partial charge in [0.2, 0.25) is 0 Å². The van der Waals surface area contributed by atoms with Gasteiger partial charge in [-0.05, 0) is 42.8 Å². The summed E-state index contributed by atoms with van der Waals surface area (Å²) in [5.41, 5.74) is 1.03. The summed E-state index contributed by atoms with van der Waals surface area (Å²) < 4.78 is 10.7. The number of nitrogens with one attached hydrogen (secondary N) is 2. The molecule has 0 atom stereocenters. The molecule has 0 aliphatic heterocycles. The number of carbonyl (C=O) groups excluding carboxylic acids is 1. The maximum absolute atomic E-state index is 11.6. The molecule has 20 heavy (non-hydrogen) atoms. The highest BCUT2D eigenvalue weighted by Gasteiger charge is 2.03. The monoisotopic (exact) mass is 274 g/mol. The Kier molecular flexibility index (Phi) is 5.06. The van der Waals surface area contributed by atoms with Crippen molar-refractivity contribution < 1.29 is 14.3 Å². The van der Waals surface area contributed by atoms with Gasteiger partial charge in [-0.3, -0.25) is 4.79 Å². The summed E-state index contributed by atoms with van der Waals surface area (Å²) in [4.78, 5) is 14.5. The second kappa shape index (κ2) is 7.23. The molecule has 106 valence electrons. The first-order chi connectivity index (χ1) is 9.78. The smallest absolute Gasteiger partial charge is 0.258 e. The van der Waals surface area contributed by atoms with Crippen molar-refractivity contribution in [1.29, 1.82) is 0 Å². The summed E-state index contributed by atoms with van der Waals surface area (Å²) in [5.74, 6) is 1.28. The third kappa shape index (κ3) is 4.35. The van der Waals surface area contributed by atoms with Gasteiger partial charge < -0.3 is 19.8 Å². The Morgan fingerprint density at radius 2 is 1.85 bits per heavy atom. The highest BCUT2D eigenvalue weighted by molar-refractivity contribution is 5.77. The van der Waals surface area contributed by atoms with Crippen molar-refractivity contribution in [1.82, 2.24) is 10.3 Å². The normalized spacial score (nSPS) is 10.1. The van der Waals surface area contributed by atoms with E-state index in [1.165, 1.54) is 0 Å². The van der Waals surface area contributed by atoms with Crippen molar-refractivity contribution in [3.05, 3.63) is 48.3 Å². The van der Waals surface area contributed by atoms with Gasteiger partial charge in [0.25, 0.3) is 5.91 Å². The molecule has 1 amide bonds. The molecule has 5 heteroatoms.